The second-order valence-electron chi connectivity index (χ2n) is 5.88. The van der Waals surface area contributed by atoms with Crippen molar-refractivity contribution in [2.45, 2.75) is 31.8 Å². The van der Waals surface area contributed by atoms with E-state index in [-0.39, 0.29) is 6.04 Å². The molecule has 0 spiro atoms. The number of rotatable bonds is 5. The highest BCUT2D eigenvalue weighted by Crippen LogP contribution is 2.39. The zero-order chi connectivity index (χ0) is 16.4. The average molecular weight is 331 g/mol. The molecule has 0 aliphatic carbocycles. The van der Waals surface area contributed by atoms with Gasteiger partial charge in [-0.25, -0.2) is 0 Å². The zero-order valence-electron chi connectivity index (χ0n) is 13.4. The minimum atomic E-state index is -0.727. The molecule has 1 saturated heterocycles. The summed E-state index contributed by atoms with van der Waals surface area (Å²) in [6, 6.07) is 9.64. The first kappa shape index (κ1) is 16.0. The highest BCUT2D eigenvalue weighted by molar-refractivity contribution is 7.10. The Balaban J connectivity index is 2.03. The number of nitrogens with zero attached hydrogens (tertiary/aromatic N) is 1. The van der Waals surface area contributed by atoms with Gasteiger partial charge in [-0.1, -0.05) is 12.1 Å². The molecule has 2 unspecified atom stereocenters. The first-order chi connectivity index (χ1) is 11.1. The monoisotopic (exact) mass is 331 g/mol. The maximum Gasteiger partial charge on any atom is 0.320 e. The Kier molecular flexibility index (Phi) is 4.68. The van der Waals surface area contributed by atoms with Crippen molar-refractivity contribution in [2.75, 3.05) is 13.7 Å². The Morgan fingerprint density at radius 3 is 2.65 bits per heavy atom. The van der Waals surface area contributed by atoms with E-state index in [1.54, 1.807) is 18.4 Å². The molecular formula is C18H21NO3S. The molecule has 2 heterocycles. The van der Waals surface area contributed by atoms with Gasteiger partial charge in [-0.05, 0) is 54.5 Å². The van der Waals surface area contributed by atoms with Gasteiger partial charge in [-0.15, -0.1) is 11.3 Å². The van der Waals surface area contributed by atoms with Crippen LogP contribution in [-0.4, -0.2) is 35.7 Å². The van der Waals surface area contributed by atoms with Crippen LogP contribution >= 0.6 is 11.3 Å². The number of aryl methyl sites for hydroxylation is 1. The third kappa shape index (κ3) is 3.12. The predicted octanol–water partition coefficient (Wildman–Crippen LogP) is 3.70. The number of methoxy groups -OCH3 is 1. The smallest absolute Gasteiger partial charge is 0.320 e. The van der Waals surface area contributed by atoms with Crippen LogP contribution in [0.25, 0.3) is 0 Å². The average Bonchev–Trinajstić information content (AvgIpc) is 3.19. The summed E-state index contributed by atoms with van der Waals surface area (Å²) in [6.07, 6.45) is 1.64. The van der Waals surface area contributed by atoms with Gasteiger partial charge in [0.2, 0.25) is 0 Å². The van der Waals surface area contributed by atoms with E-state index in [4.69, 9.17) is 4.74 Å². The highest BCUT2D eigenvalue weighted by atomic mass is 32.1. The zero-order valence-corrected chi connectivity index (χ0v) is 14.2. The molecule has 0 amide bonds. The number of aliphatic carboxylic acids is 1. The van der Waals surface area contributed by atoms with E-state index < -0.39 is 12.0 Å². The highest BCUT2D eigenvalue weighted by Gasteiger charge is 2.37. The normalized spacial score (nSPS) is 19.7. The van der Waals surface area contributed by atoms with Gasteiger partial charge in [0.05, 0.1) is 13.2 Å². The molecule has 1 aromatic heterocycles. The second-order valence-corrected chi connectivity index (χ2v) is 6.83. The Bertz CT molecular complexity index is 680. The lowest BCUT2D eigenvalue weighted by Crippen LogP contribution is -2.39. The molecular weight excluding hydrogens is 310 g/mol. The van der Waals surface area contributed by atoms with Gasteiger partial charge in [0.15, 0.2) is 0 Å². The van der Waals surface area contributed by atoms with Crippen molar-refractivity contribution in [2.24, 2.45) is 0 Å². The van der Waals surface area contributed by atoms with Crippen LogP contribution in [-0.2, 0) is 4.79 Å². The number of hydrogen-bond donors (Lipinski definition) is 1. The number of benzene rings is 1. The molecule has 2 atom stereocenters. The summed E-state index contributed by atoms with van der Waals surface area (Å²) in [5.74, 6) is 0.0850. The van der Waals surface area contributed by atoms with E-state index >= 15 is 0 Å². The molecule has 1 aliphatic rings. The predicted molar refractivity (Wildman–Crippen MR) is 91.3 cm³/mol. The van der Waals surface area contributed by atoms with Gasteiger partial charge in [-0.3, -0.25) is 9.69 Å². The van der Waals surface area contributed by atoms with Crippen molar-refractivity contribution in [3.8, 4) is 5.75 Å². The van der Waals surface area contributed by atoms with Crippen LogP contribution in [0.5, 0.6) is 5.75 Å². The van der Waals surface area contributed by atoms with Crippen LogP contribution in [0.15, 0.2) is 35.7 Å². The van der Waals surface area contributed by atoms with Crippen LogP contribution < -0.4 is 4.74 Å². The van der Waals surface area contributed by atoms with Crippen LogP contribution in [0, 0.1) is 6.92 Å². The molecule has 1 aliphatic heterocycles. The number of carbonyl (C=O) groups is 1. The third-order valence-corrected chi connectivity index (χ3v) is 5.56. The molecule has 122 valence electrons. The molecule has 0 saturated carbocycles. The first-order valence-corrected chi connectivity index (χ1v) is 8.66. The van der Waals surface area contributed by atoms with Gasteiger partial charge in [-0.2, -0.15) is 0 Å². The lowest BCUT2D eigenvalue weighted by molar-refractivity contribution is -0.142. The number of carboxylic acid groups (broad SMARTS) is 1. The van der Waals surface area contributed by atoms with Crippen molar-refractivity contribution in [1.82, 2.24) is 4.90 Å². The standard InChI is InChI=1S/C18H21NO3S/c1-12-9-11-23-17(12)16(13-5-7-14(22-2)8-6-13)19-10-3-4-15(19)18(20)21/h5-9,11,15-16H,3-4,10H2,1-2H3,(H,20,21). The number of ether oxygens (including phenoxy) is 1. The van der Waals surface area contributed by atoms with Crippen molar-refractivity contribution < 1.29 is 14.6 Å². The quantitative estimate of drug-likeness (QED) is 0.907. The fourth-order valence-electron chi connectivity index (χ4n) is 3.31. The summed E-state index contributed by atoms with van der Waals surface area (Å²) in [5, 5.41) is 11.6. The summed E-state index contributed by atoms with van der Waals surface area (Å²) in [7, 11) is 1.65. The first-order valence-electron chi connectivity index (χ1n) is 7.78. The van der Waals surface area contributed by atoms with Crippen molar-refractivity contribution in [1.29, 1.82) is 0 Å². The fraction of sp³-hybridized carbons (Fsp3) is 0.389. The van der Waals surface area contributed by atoms with Gasteiger partial charge in [0.1, 0.15) is 11.8 Å². The summed E-state index contributed by atoms with van der Waals surface area (Å²) in [4.78, 5) is 15.0. The third-order valence-electron chi connectivity index (χ3n) is 4.49. The summed E-state index contributed by atoms with van der Waals surface area (Å²) < 4.78 is 5.24. The molecule has 23 heavy (non-hydrogen) atoms. The molecule has 1 aromatic carbocycles. The van der Waals surface area contributed by atoms with Crippen LogP contribution in [0.4, 0.5) is 0 Å². The summed E-state index contributed by atoms with van der Waals surface area (Å²) in [5.41, 5.74) is 2.33. The fourth-order valence-corrected chi connectivity index (χ4v) is 4.38. The molecule has 0 bridgehead atoms. The maximum absolute atomic E-state index is 11.6. The topological polar surface area (TPSA) is 49.8 Å². The summed E-state index contributed by atoms with van der Waals surface area (Å²) >= 11 is 1.70. The van der Waals surface area contributed by atoms with Crippen molar-refractivity contribution >= 4 is 17.3 Å². The molecule has 1 fully saturated rings. The van der Waals surface area contributed by atoms with Gasteiger partial charge >= 0.3 is 5.97 Å². The molecule has 3 rings (SSSR count). The maximum atomic E-state index is 11.6. The van der Waals surface area contributed by atoms with Crippen LogP contribution in [0.1, 0.15) is 34.9 Å². The lowest BCUT2D eigenvalue weighted by Gasteiger charge is -2.31. The van der Waals surface area contributed by atoms with E-state index in [0.717, 1.165) is 24.3 Å². The van der Waals surface area contributed by atoms with Crippen LogP contribution in [0.2, 0.25) is 0 Å². The Morgan fingerprint density at radius 2 is 2.09 bits per heavy atom. The lowest BCUT2D eigenvalue weighted by atomic mass is 10.00. The summed E-state index contributed by atoms with van der Waals surface area (Å²) in [6.45, 7) is 2.90. The van der Waals surface area contributed by atoms with E-state index in [9.17, 15) is 9.90 Å². The van der Waals surface area contributed by atoms with Crippen molar-refractivity contribution in [3.63, 3.8) is 0 Å². The number of likely N-dealkylation sites (tertiary alicyclic amines) is 1. The SMILES string of the molecule is COc1ccc(C(c2sccc2C)N2CCCC2C(=O)O)cc1. The molecule has 1 N–H and O–H groups in total. The van der Waals surface area contributed by atoms with Crippen molar-refractivity contribution in [3.05, 3.63) is 51.7 Å². The minimum Gasteiger partial charge on any atom is -0.497 e. The largest absolute Gasteiger partial charge is 0.497 e. The Morgan fingerprint density at radius 1 is 1.35 bits per heavy atom. The van der Waals surface area contributed by atoms with Gasteiger partial charge in [0.25, 0.3) is 0 Å². The molecule has 4 nitrogen and oxygen atoms in total. The van der Waals surface area contributed by atoms with Crippen LogP contribution in [0.3, 0.4) is 0 Å². The number of carboxylic acids is 1. The van der Waals surface area contributed by atoms with Gasteiger partial charge < -0.3 is 9.84 Å². The van der Waals surface area contributed by atoms with E-state index in [0.29, 0.717) is 6.42 Å². The number of hydrogen-bond acceptors (Lipinski definition) is 4. The Hall–Kier alpha value is -1.85. The van der Waals surface area contributed by atoms with E-state index in [1.165, 1.54) is 10.4 Å². The molecule has 2 aromatic rings. The molecule has 0 radical (unpaired) electrons. The molecule has 5 heteroatoms. The van der Waals surface area contributed by atoms with E-state index in [2.05, 4.69) is 23.3 Å². The second kappa shape index (κ2) is 6.72. The number of thiophene rings is 1. The van der Waals surface area contributed by atoms with E-state index in [1.807, 2.05) is 24.3 Å². The van der Waals surface area contributed by atoms with Gasteiger partial charge in [0, 0.05) is 11.4 Å². The Labute approximate surface area is 140 Å². The minimum absolute atomic E-state index is 0.00972.